The molecule has 0 radical (unpaired) electrons. The predicted octanol–water partition coefficient (Wildman–Crippen LogP) is 4.67. The van der Waals surface area contributed by atoms with Crippen molar-refractivity contribution in [2.45, 2.75) is 39.7 Å². The van der Waals surface area contributed by atoms with Crippen molar-refractivity contribution < 1.29 is 23.8 Å². The van der Waals surface area contributed by atoms with Gasteiger partial charge >= 0.3 is 0 Å². The lowest BCUT2D eigenvalue weighted by Gasteiger charge is -2.25. The number of methoxy groups -OCH3 is 1. The molecule has 1 aliphatic rings. The summed E-state index contributed by atoms with van der Waals surface area (Å²) >= 11 is 0. The van der Waals surface area contributed by atoms with E-state index in [0.717, 1.165) is 17.5 Å². The largest absolute Gasteiger partial charge is 0.507 e. The topological polar surface area (TPSA) is 66.8 Å². The molecule has 158 valence electrons. The van der Waals surface area contributed by atoms with E-state index in [2.05, 4.69) is 0 Å². The number of aliphatic hydroxyl groups excluding tert-OH is 1. The molecule has 1 N–H and O–H groups in total. The summed E-state index contributed by atoms with van der Waals surface area (Å²) in [7, 11) is 1.47. The number of hydrogen-bond donors (Lipinski definition) is 1. The van der Waals surface area contributed by atoms with Crippen LogP contribution in [0.15, 0.2) is 42.0 Å². The molecule has 1 fully saturated rings. The van der Waals surface area contributed by atoms with E-state index in [-0.39, 0.29) is 16.9 Å². The van der Waals surface area contributed by atoms with Crippen LogP contribution >= 0.6 is 0 Å². The van der Waals surface area contributed by atoms with Gasteiger partial charge in [-0.05, 0) is 43.5 Å². The maximum Gasteiger partial charge on any atom is 0.295 e. The standard InChI is InChI=1S/C24H26FNO4/c1-5-6-11-26-20(16-9-7-8-10-18(16)25)19(22(28)24(26)29)21(27)17-13-14(2)12-15(3)23(17)30-4/h7-10,12-13,20,27H,5-6,11H2,1-4H3/b21-19+. The maximum atomic E-state index is 14.7. The van der Waals surface area contributed by atoms with Crippen molar-refractivity contribution in [1.82, 2.24) is 4.90 Å². The molecule has 3 rings (SSSR count). The summed E-state index contributed by atoms with van der Waals surface area (Å²) in [6.07, 6.45) is 1.46. The van der Waals surface area contributed by atoms with Gasteiger partial charge in [0.2, 0.25) is 0 Å². The van der Waals surface area contributed by atoms with Crippen LogP contribution in [0.2, 0.25) is 0 Å². The molecule has 2 aromatic carbocycles. The molecule has 0 bridgehead atoms. The van der Waals surface area contributed by atoms with E-state index in [0.29, 0.717) is 24.3 Å². The molecule has 2 aromatic rings. The summed E-state index contributed by atoms with van der Waals surface area (Å²) in [5, 5.41) is 11.2. The summed E-state index contributed by atoms with van der Waals surface area (Å²) in [5.41, 5.74) is 2.01. The summed E-state index contributed by atoms with van der Waals surface area (Å²) in [6.45, 7) is 5.95. The Kier molecular flexibility index (Phi) is 6.25. The first-order valence-corrected chi connectivity index (χ1v) is 10.00. The second-order valence-electron chi connectivity index (χ2n) is 7.53. The van der Waals surface area contributed by atoms with Gasteiger partial charge in [0.1, 0.15) is 17.3 Å². The number of aryl methyl sites for hydroxylation is 2. The number of amides is 1. The zero-order valence-corrected chi connectivity index (χ0v) is 17.7. The van der Waals surface area contributed by atoms with Gasteiger partial charge in [0.05, 0.1) is 24.3 Å². The molecule has 0 aliphatic carbocycles. The van der Waals surface area contributed by atoms with Crippen LogP contribution in [0.25, 0.3) is 5.76 Å². The average Bonchev–Trinajstić information content (AvgIpc) is 2.96. The Morgan fingerprint density at radius 3 is 2.53 bits per heavy atom. The van der Waals surface area contributed by atoms with Gasteiger partial charge in [-0.25, -0.2) is 4.39 Å². The second-order valence-corrected chi connectivity index (χ2v) is 7.53. The van der Waals surface area contributed by atoms with Gasteiger partial charge in [-0.3, -0.25) is 9.59 Å². The minimum atomic E-state index is -0.997. The van der Waals surface area contributed by atoms with Crippen LogP contribution in [-0.2, 0) is 9.59 Å². The van der Waals surface area contributed by atoms with Crippen LogP contribution in [0.4, 0.5) is 4.39 Å². The zero-order valence-electron chi connectivity index (χ0n) is 17.7. The minimum Gasteiger partial charge on any atom is -0.507 e. The van der Waals surface area contributed by atoms with E-state index < -0.39 is 23.5 Å². The Morgan fingerprint density at radius 2 is 1.90 bits per heavy atom. The Bertz CT molecular complexity index is 1030. The summed E-state index contributed by atoms with van der Waals surface area (Å²) in [5.74, 6) is -2.04. The summed E-state index contributed by atoms with van der Waals surface area (Å²) in [4.78, 5) is 27.2. The molecule has 6 heteroatoms. The fraction of sp³-hybridized carbons (Fsp3) is 0.333. The SMILES string of the molecule is CCCCN1C(=O)C(=O)/C(=C(/O)c2cc(C)cc(C)c2OC)C1c1ccccc1F. The van der Waals surface area contributed by atoms with Crippen LogP contribution in [0.1, 0.15) is 48.1 Å². The lowest BCUT2D eigenvalue weighted by molar-refractivity contribution is -0.139. The van der Waals surface area contributed by atoms with E-state index >= 15 is 0 Å². The number of hydrogen-bond acceptors (Lipinski definition) is 4. The molecule has 30 heavy (non-hydrogen) atoms. The van der Waals surface area contributed by atoms with E-state index in [1.807, 2.05) is 26.8 Å². The van der Waals surface area contributed by atoms with Crippen molar-refractivity contribution in [1.29, 1.82) is 0 Å². The molecule has 1 heterocycles. The molecule has 1 amide bonds. The van der Waals surface area contributed by atoms with Crippen LogP contribution in [-0.4, -0.2) is 35.4 Å². The van der Waals surface area contributed by atoms with E-state index in [9.17, 15) is 19.1 Å². The normalized spacial score (nSPS) is 18.2. The molecule has 0 aromatic heterocycles. The number of ether oxygens (including phenoxy) is 1. The quantitative estimate of drug-likeness (QED) is 0.426. The third kappa shape index (κ3) is 3.70. The van der Waals surface area contributed by atoms with Crippen molar-refractivity contribution in [3.63, 3.8) is 0 Å². The monoisotopic (exact) mass is 411 g/mol. The maximum absolute atomic E-state index is 14.7. The lowest BCUT2D eigenvalue weighted by atomic mass is 9.93. The number of benzene rings is 2. The number of halogens is 1. The molecular formula is C24H26FNO4. The number of aliphatic hydroxyl groups is 1. The van der Waals surface area contributed by atoms with Gasteiger partial charge in [0.25, 0.3) is 11.7 Å². The van der Waals surface area contributed by atoms with Crippen molar-refractivity contribution >= 4 is 17.4 Å². The van der Waals surface area contributed by atoms with Crippen LogP contribution in [0, 0.1) is 19.7 Å². The lowest BCUT2D eigenvalue weighted by Crippen LogP contribution is -2.31. The molecule has 1 saturated heterocycles. The third-order valence-corrected chi connectivity index (χ3v) is 5.37. The number of carbonyl (C=O) groups is 2. The Morgan fingerprint density at radius 1 is 1.20 bits per heavy atom. The fourth-order valence-electron chi connectivity index (χ4n) is 4.01. The van der Waals surface area contributed by atoms with Crippen molar-refractivity contribution in [3.05, 3.63) is 70.0 Å². The highest BCUT2D eigenvalue weighted by molar-refractivity contribution is 6.46. The van der Waals surface area contributed by atoms with E-state index in [4.69, 9.17) is 4.74 Å². The fourth-order valence-corrected chi connectivity index (χ4v) is 4.01. The van der Waals surface area contributed by atoms with Gasteiger partial charge < -0.3 is 14.7 Å². The zero-order chi connectivity index (χ0) is 22.0. The highest BCUT2D eigenvalue weighted by atomic mass is 19.1. The minimum absolute atomic E-state index is 0.121. The highest BCUT2D eigenvalue weighted by Gasteiger charge is 2.46. The molecule has 1 atom stereocenters. The molecule has 1 unspecified atom stereocenters. The van der Waals surface area contributed by atoms with Crippen molar-refractivity contribution in [2.24, 2.45) is 0 Å². The van der Waals surface area contributed by atoms with Gasteiger partial charge in [0, 0.05) is 12.1 Å². The first-order valence-electron chi connectivity index (χ1n) is 10.00. The first-order chi connectivity index (χ1) is 14.3. The third-order valence-electron chi connectivity index (χ3n) is 5.37. The van der Waals surface area contributed by atoms with Crippen LogP contribution < -0.4 is 4.74 Å². The average molecular weight is 411 g/mol. The van der Waals surface area contributed by atoms with Crippen LogP contribution in [0.5, 0.6) is 5.75 Å². The number of rotatable bonds is 6. The van der Waals surface area contributed by atoms with Gasteiger partial charge in [-0.15, -0.1) is 0 Å². The Balaban J connectivity index is 2.28. The van der Waals surface area contributed by atoms with Gasteiger partial charge in [-0.1, -0.05) is 37.6 Å². The summed E-state index contributed by atoms with van der Waals surface area (Å²) < 4.78 is 20.2. The molecule has 0 saturated carbocycles. The van der Waals surface area contributed by atoms with Crippen molar-refractivity contribution in [3.8, 4) is 5.75 Å². The van der Waals surface area contributed by atoms with Gasteiger partial charge in [0.15, 0.2) is 0 Å². The molecular weight excluding hydrogens is 385 g/mol. The first kappa shape index (κ1) is 21.6. The Hall–Kier alpha value is -3.15. The number of ketones is 1. The van der Waals surface area contributed by atoms with E-state index in [1.54, 1.807) is 18.2 Å². The molecule has 5 nitrogen and oxygen atoms in total. The number of likely N-dealkylation sites (tertiary alicyclic amines) is 1. The smallest absolute Gasteiger partial charge is 0.295 e. The van der Waals surface area contributed by atoms with Gasteiger partial charge in [-0.2, -0.15) is 0 Å². The number of unbranched alkanes of at least 4 members (excludes halogenated alkanes) is 1. The summed E-state index contributed by atoms with van der Waals surface area (Å²) in [6, 6.07) is 8.61. The number of Topliss-reactive ketones (excluding diaryl/α,β-unsaturated/α-hetero) is 1. The second kappa shape index (κ2) is 8.69. The Labute approximate surface area is 175 Å². The number of nitrogens with zero attached hydrogens (tertiary/aromatic N) is 1. The highest BCUT2D eigenvalue weighted by Crippen LogP contribution is 2.42. The predicted molar refractivity (Wildman–Crippen MR) is 113 cm³/mol. The molecule has 0 spiro atoms. The van der Waals surface area contributed by atoms with Crippen LogP contribution in [0.3, 0.4) is 0 Å². The van der Waals surface area contributed by atoms with E-state index in [1.165, 1.54) is 24.1 Å². The number of carbonyl (C=O) groups excluding carboxylic acids is 2. The molecule has 1 aliphatic heterocycles. The van der Waals surface area contributed by atoms with Crippen molar-refractivity contribution in [2.75, 3.05) is 13.7 Å².